The Hall–Kier alpha value is -2.28. The highest BCUT2D eigenvalue weighted by Gasteiger charge is 2.20. The van der Waals surface area contributed by atoms with Gasteiger partial charge in [0.15, 0.2) is 11.6 Å². The Bertz CT molecular complexity index is 781. The van der Waals surface area contributed by atoms with Crippen molar-refractivity contribution in [3.05, 3.63) is 47.2 Å². The number of anilines is 1. The molecule has 2 atom stereocenters. The lowest BCUT2D eigenvalue weighted by molar-refractivity contribution is 0.238. The molecular formula is C20H26F2N4O. The first-order valence-electron chi connectivity index (χ1n) is 9.31. The van der Waals surface area contributed by atoms with Crippen molar-refractivity contribution in [2.24, 2.45) is 5.92 Å². The van der Waals surface area contributed by atoms with Crippen LogP contribution in [0.4, 0.5) is 14.6 Å². The number of hydrogen-bond donors (Lipinski definition) is 2. The van der Waals surface area contributed by atoms with E-state index in [9.17, 15) is 8.78 Å². The molecule has 0 amide bonds. The number of alkyl halides is 1. The summed E-state index contributed by atoms with van der Waals surface area (Å²) in [4.78, 5) is 8.60. The van der Waals surface area contributed by atoms with Crippen LogP contribution in [0.3, 0.4) is 0 Å². The Kier molecular flexibility index (Phi) is 6.21. The summed E-state index contributed by atoms with van der Waals surface area (Å²) in [7, 11) is 0. The van der Waals surface area contributed by atoms with E-state index in [-0.39, 0.29) is 5.56 Å². The fraction of sp³-hybridized carbons (Fsp3) is 0.500. The van der Waals surface area contributed by atoms with Gasteiger partial charge in [-0.2, -0.15) is 0 Å². The van der Waals surface area contributed by atoms with Crippen molar-refractivity contribution < 1.29 is 13.5 Å². The predicted molar refractivity (Wildman–Crippen MR) is 101 cm³/mol. The first-order valence-corrected chi connectivity index (χ1v) is 9.31. The average molecular weight is 376 g/mol. The zero-order chi connectivity index (χ0) is 19.4. The molecule has 0 bridgehead atoms. The van der Waals surface area contributed by atoms with Crippen LogP contribution in [0.1, 0.15) is 49.4 Å². The van der Waals surface area contributed by atoms with Crippen LogP contribution < -0.4 is 15.4 Å². The molecule has 1 fully saturated rings. The van der Waals surface area contributed by atoms with Gasteiger partial charge in [0.2, 0.25) is 0 Å². The van der Waals surface area contributed by atoms with E-state index < -0.39 is 18.0 Å². The smallest absolute Gasteiger partial charge is 0.179 e. The molecule has 146 valence electrons. The van der Waals surface area contributed by atoms with Gasteiger partial charge in [0.1, 0.15) is 17.8 Å². The molecule has 1 saturated heterocycles. The molecule has 0 radical (unpaired) electrons. The number of nitrogens with one attached hydrogen (secondary N) is 2. The number of aromatic nitrogens is 2. The minimum atomic E-state index is -1.36. The molecule has 5 nitrogen and oxygen atoms in total. The van der Waals surface area contributed by atoms with Crippen molar-refractivity contribution in [2.75, 3.05) is 25.0 Å². The monoisotopic (exact) mass is 376 g/mol. The zero-order valence-electron chi connectivity index (χ0n) is 15.9. The van der Waals surface area contributed by atoms with Gasteiger partial charge in [-0.1, -0.05) is 18.2 Å². The lowest BCUT2D eigenvalue weighted by atomic mass is 10.0. The first kappa shape index (κ1) is 19.5. The molecule has 1 aliphatic rings. The molecule has 2 heterocycles. The Labute approximate surface area is 158 Å². The number of hydrogen-bond acceptors (Lipinski definition) is 5. The molecule has 1 aliphatic heterocycles. The van der Waals surface area contributed by atoms with E-state index in [2.05, 4.69) is 20.6 Å². The van der Waals surface area contributed by atoms with E-state index in [0.717, 1.165) is 19.5 Å². The molecule has 0 spiro atoms. The van der Waals surface area contributed by atoms with E-state index in [0.29, 0.717) is 35.5 Å². The summed E-state index contributed by atoms with van der Waals surface area (Å²) in [6, 6.07) is 4.37. The van der Waals surface area contributed by atoms with Crippen molar-refractivity contribution in [1.29, 1.82) is 0 Å². The van der Waals surface area contributed by atoms with Crippen LogP contribution in [0.5, 0.6) is 5.75 Å². The Morgan fingerprint density at radius 1 is 1.30 bits per heavy atom. The molecule has 2 aromatic rings. The van der Waals surface area contributed by atoms with Crippen LogP contribution in [0.2, 0.25) is 0 Å². The van der Waals surface area contributed by atoms with Crippen LogP contribution >= 0.6 is 0 Å². The van der Waals surface area contributed by atoms with Gasteiger partial charge in [-0.3, -0.25) is 0 Å². The highest BCUT2D eigenvalue weighted by Crippen LogP contribution is 2.30. The van der Waals surface area contributed by atoms with Gasteiger partial charge in [-0.15, -0.1) is 0 Å². The van der Waals surface area contributed by atoms with Gasteiger partial charge in [0, 0.05) is 11.1 Å². The molecule has 7 heteroatoms. The Morgan fingerprint density at radius 3 is 2.70 bits per heavy atom. The molecular weight excluding hydrogens is 350 g/mol. The van der Waals surface area contributed by atoms with Crippen molar-refractivity contribution in [1.82, 2.24) is 15.3 Å². The van der Waals surface area contributed by atoms with Gasteiger partial charge in [0.05, 0.1) is 18.8 Å². The maximum absolute atomic E-state index is 14.6. The lowest BCUT2D eigenvalue weighted by Gasteiger charge is -2.27. The lowest BCUT2D eigenvalue weighted by Crippen LogP contribution is -2.42. The van der Waals surface area contributed by atoms with Gasteiger partial charge in [-0.05, 0) is 46.2 Å². The van der Waals surface area contributed by atoms with Gasteiger partial charge in [-0.25, -0.2) is 18.7 Å². The average Bonchev–Trinajstić information content (AvgIpc) is 2.58. The van der Waals surface area contributed by atoms with Crippen LogP contribution in [0, 0.1) is 18.7 Å². The molecule has 2 N–H and O–H groups in total. The van der Waals surface area contributed by atoms with E-state index in [1.54, 1.807) is 25.3 Å². The predicted octanol–water partition coefficient (Wildman–Crippen LogP) is 4.12. The number of nitrogens with zero attached hydrogens (tertiary/aromatic N) is 2. The first-order chi connectivity index (χ1) is 13.0. The summed E-state index contributed by atoms with van der Waals surface area (Å²) in [5.74, 6) is 1.76. The standard InChI is InChI=1S/C20H26F2N4O/c1-12(21)16-5-4-6-17(19(16)22)13(2)25-20-18(11-24-14(3)26-20)27-8-7-15-9-23-10-15/h4-6,11-13,15,23H,7-10H2,1-3H3,(H,24,25,26)/t12?,13-/m1/s1. The summed E-state index contributed by atoms with van der Waals surface area (Å²) < 4.78 is 34.1. The van der Waals surface area contributed by atoms with Crippen LogP contribution in [-0.2, 0) is 0 Å². The van der Waals surface area contributed by atoms with Crippen LogP contribution in [0.25, 0.3) is 0 Å². The normalized spacial score (nSPS) is 16.5. The second kappa shape index (κ2) is 8.61. The van der Waals surface area contributed by atoms with Gasteiger partial charge in [0.25, 0.3) is 0 Å². The second-order valence-electron chi connectivity index (χ2n) is 7.02. The third-order valence-electron chi connectivity index (χ3n) is 4.83. The van der Waals surface area contributed by atoms with E-state index in [4.69, 9.17) is 4.74 Å². The minimum Gasteiger partial charge on any atom is -0.488 e. The molecule has 3 rings (SSSR count). The summed E-state index contributed by atoms with van der Waals surface area (Å²) in [5, 5.41) is 6.43. The third kappa shape index (κ3) is 4.71. The van der Waals surface area contributed by atoms with Crippen molar-refractivity contribution in [3.8, 4) is 5.75 Å². The number of aryl methyl sites for hydroxylation is 1. The molecule has 1 aromatic heterocycles. The summed E-state index contributed by atoms with van der Waals surface area (Å²) in [6.07, 6.45) is 1.23. The molecule has 0 saturated carbocycles. The quantitative estimate of drug-likeness (QED) is 0.726. The third-order valence-corrected chi connectivity index (χ3v) is 4.83. The van der Waals surface area contributed by atoms with Gasteiger partial charge >= 0.3 is 0 Å². The van der Waals surface area contributed by atoms with Crippen LogP contribution in [-0.4, -0.2) is 29.7 Å². The zero-order valence-corrected chi connectivity index (χ0v) is 15.9. The van der Waals surface area contributed by atoms with Crippen molar-refractivity contribution in [3.63, 3.8) is 0 Å². The van der Waals surface area contributed by atoms with E-state index in [1.165, 1.54) is 13.0 Å². The Morgan fingerprint density at radius 2 is 2.04 bits per heavy atom. The minimum absolute atomic E-state index is 0.0607. The van der Waals surface area contributed by atoms with Gasteiger partial charge < -0.3 is 15.4 Å². The van der Waals surface area contributed by atoms with E-state index in [1.807, 2.05) is 6.92 Å². The molecule has 0 aliphatic carbocycles. The fourth-order valence-electron chi connectivity index (χ4n) is 3.05. The summed E-state index contributed by atoms with van der Waals surface area (Å²) in [6.45, 7) is 7.55. The van der Waals surface area contributed by atoms with Crippen LogP contribution in [0.15, 0.2) is 24.4 Å². The maximum Gasteiger partial charge on any atom is 0.179 e. The largest absolute Gasteiger partial charge is 0.488 e. The molecule has 1 aromatic carbocycles. The number of benzene rings is 1. The highest BCUT2D eigenvalue weighted by atomic mass is 19.1. The Balaban J connectivity index is 1.73. The number of rotatable bonds is 8. The fourth-order valence-corrected chi connectivity index (χ4v) is 3.05. The maximum atomic E-state index is 14.6. The number of halogens is 2. The number of ether oxygens (including phenoxy) is 1. The van der Waals surface area contributed by atoms with Crippen molar-refractivity contribution in [2.45, 2.75) is 39.4 Å². The SMILES string of the molecule is Cc1ncc(OCCC2CNC2)c(N[C@H](C)c2cccc(C(C)F)c2F)n1. The molecule has 1 unspecified atom stereocenters. The summed E-state index contributed by atoms with van der Waals surface area (Å²) in [5.41, 5.74) is 0.449. The highest BCUT2D eigenvalue weighted by molar-refractivity contribution is 5.50. The second-order valence-corrected chi connectivity index (χ2v) is 7.02. The topological polar surface area (TPSA) is 59.1 Å². The van der Waals surface area contributed by atoms with E-state index >= 15 is 0 Å². The molecule has 27 heavy (non-hydrogen) atoms. The summed E-state index contributed by atoms with van der Waals surface area (Å²) >= 11 is 0. The van der Waals surface area contributed by atoms with Crippen molar-refractivity contribution >= 4 is 5.82 Å².